The molecule has 0 atom stereocenters. The lowest BCUT2D eigenvalue weighted by atomic mass is 10.2. The molecule has 0 unspecified atom stereocenters. The minimum Gasteiger partial charge on any atom is -0.372 e. The molecule has 138 valence electrons. The van der Waals surface area contributed by atoms with Crippen molar-refractivity contribution in [1.82, 2.24) is 5.32 Å². The first-order valence-electron chi connectivity index (χ1n) is 9.31. The third-order valence-electron chi connectivity index (χ3n) is 4.65. The van der Waals surface area contributed by atoms with Crippen LogP contribution in [0.25, 0.3) is 0 Å². The van der Waals surface area contributed by atoms with Gasteiger partial charge in [0.2, 0.25) is 5.91 Å². The minimum absolute atomic E-state index is 0.0883. The van der Waals surface area contributed by atoms with Crippen LogP contribution in [0.5, 0.6) is 0 Å². The average Bonchev–Trinajstić information content (AvgIpc) is 2.93. The predicted molar refractivity (Wildman–Crippen MR) is 104 cm³/mol. The lowest BCUT2D eigenvalue weighted by molar-refractivity contribution is -0.115. The van der Waals surface area contributed by atoms with Crippen LogP contribution in [0, 0.1) is 5.82 Å². The van der Waals surface area contributed by atoms with Gasteiger partial charge in [0.15, 0.2) is 0 Å². The summed E-state index contributed by atoms with van der Waals surface area (Å²) in [6.07, 6.45) is 5.13. The molecule has 2 aromatic carbocycles. The van der Waals surface area contributed by atoms with Crippen LogP contribution >= 0.6 is 0 Å². The zero-order valence-corrected chi connectivity index (χ0v) is 15.0. The number of carbonyl (C=O) groups excluding carboxylic acids is 1. The number of anilines is 2. The number of nitrogens with zero attached hydrogens (tertiary/aromatic N) is 1. The molecule has 1 amide bonds. The van der Waals surface area contributed by atoms with Crippen molar-refractivity contribution >= 4 is 17.3 Å². The maximum atomic E-state index is 12.9. The highest BCUT2D eigenvalue weighted by Gasteiger charge is 2.10. The summed E-state index contributed by atoms with van der Waals surface area (Å²) in [5.74, 6) is -0.343. The molecule has 1 heterocycles. The Morgan fingerprint density at radius 1 is 0.923 bits per heavy atom. The molecule has 0 radical (unpaired) electrons. The highest BCUT2D eigenvalue weighted by molar-refractivity contribution is 5.92. The molecule has 2 N–H and O–H groups in total. The summed E-state index contributed by atoms with van der Waals surface area (Å²) in [5.41, 5.74) is 2.97. The molecule has 2 aromatic rings. The van der Waals surface area contributed by atoms with E-state index in [0.717, 1.165) is 24.3 Å². The van der Waals surface area contributed by atoms with E-state index in [4.69, 9.17) is 0 Å². The molecule has 4 nitrogen and oxygen atoms in total. The molecule has 0 bridgehead atoms. The van der Waals surface area contributed by atoms with E-state index in [0.29, 0.717) is 6.54 Å². The summed E-state index contributed by atoms with van der Waals surface area (Å²) < 4.78 is 12.9. The minimum atomic E-state index is -0.255. The zero-order valence-electron chi connectivity index (χ0n) is 15.0. The number of hydrogen-bond acceptors (Lipinski definition) is 3. The fourth-order valence-corrected chi connectivity index (χ4v) is 3.21. The SMILES string of the molecule is O=C(CNCc1ccc(F)cc1)Nc1ccc(N2CCCCCC2)cc1. The fraction of sp³-hybridized carbons (Fsp3) is 0.381. The molecular weight excluding hydrogens is 329 g/mol. The summed E-state index contributed by atoms with van der Waals surface area (Å²) in [5, 5.41) is 5.97. The van der Waals surface area contributed by atoms with E-state index in [2.05, 4.69) is 27.7 Å². The van der Waals surface area contributed by atoms with Gasteiger partial charge in [-0.1, -0.05) is 25.0 Å². The van der Waals surface area contributed by atoms with Crippen LogP contribution in [0.4, 0.5) is 15.8 Å². The van der Waals surface area contributed by atoms with Crippen molar-refractivity contribution in [3.05, 3.63) is 59.9 Å². The Kier molecular flexibility index (Phi) is 6.61. The summed E-state index contributed by atoms with van der Waals surface area (Å²) in [6, 6.07) is 14.3. The first kappa shape index (κ1) is 18.4. The summed E-state index contributed by atoms with van der Waals surface area (Å²) in [7, 11) is 0. The van der Waals surface area contributed by atoms with E-state index in [-0.39, 0.29) is 18.3 Å². The van der Waals surface area contributed by atoms with Crippen molar-refractivity contribution in [2.24, 2.45) is 0 Å². The van der Waals surface area contributed by atoms with Gasteiger partial charge in [0, 0.05) is 31.0 Å². The van der Waals surface area contributed by atoms with Crippen molar-refractivity contribution in [3.8, 4) is 0 Å². The van der Waals surface area contributed by atoms with Crippen LogP contribution in [0.1, 0.15) is 31.2 Å². The number of rotatable bonds is 6. The average molecular weight is 355 g/mol. The molecule has 3 rings (SSSR count). The van der Waals surface area contributed by atoms with Crippen molar-refractivity contribution in [2.45, 2.75) is 32.2 Å². The van der Waals surface area contributed by atoms with Crippen LogP contribution in [-0.4, -0.2) is 25.5 Å². The Morgan fingerprint density at radius 3 is 2.23 bits per heavy atom. The molecule has 0 aliphatic carbocycles. The lowest BCUT2D eigenvalue weighted by Crippen LogP contribution is -2.27. The van der Waals surface area contributed by atoms with Gasteiger partial charge in [0.05, 0.1) is 6.54 Å². The third-order valence-corrected chi connectivity index (χ3v) is 4.65. The summed E-state index contributed by atoms with van der Waals surface area (Å²) in [6.45, 7) is 2.96. The van der Waals surface area contributed by atoms with E-state index in [1.54, 1.807) is 12.1 Å². The number of benzene rings is 2. The Balaban J connectivity index is 1.44. The number of amides is 1. The van der Waals surface area contributed by atoms with Crippen LogP contribution in [-0.2, 0) is 11.3 Å². The molecule has 0 aromatic heterocycles. The van der Waals surface area contributed by atoms with Gasteiger partial charge in [0.25, 0.3) is 0 Å². The maximum Gasteiger partial charge on any atom is 0.238 e. The van der Waals surface area contributed by atoms with E-state index in [1.807, 2.05) is 12.1 Å². The highest BCUT2D eigenvalue weighted by atomic mass is 19.1. The number of hydrogen-bond donors (Lipinski definition) is 2. The molecule has 1 fully saturated rings. The molecule has 5 heteroatoms. The number of carbonyl (C=O) groups is 1. The second-order valence-corrected chi connectivity index (χ2v) is 6.73. The first-order chi connectivity index (χ1) is 12.7. The number of halogens is 1. The van der Waals surface area contributed by atoms with Gasteiger partial charge in [-0.2, -0.15) is 0 Å². The Bertz CT molecular complexity index is 692. The second kappa shape index (κ2) is 9.34. The standard InChI is InChI=1S/C21H26FN3O/c22-18-7-5-17(6-8-18)15-23-16-21(26)24-19-9-11-20(12-10-19)25-13-3-1-2-4-14-25/h5-12,23H,1-4,13-16H2,(H,24,26). The molecule has 0 saturated carbocycles. The number of nitrogens with one attached hydrogen (secondary N) is 2. The normalized spacial score (nSPS) is 14.7. The van der Waals surface area contributed by atoms with E-state index in [9.17, 15) is 9.18 Å². The van der Waals surface area contributed by atoms with Gasteiger partial charge in [-0.25, -0.2) is 4.39 Å². The van der Waals surface area contributed by atoms with Gasteiger partial charge in [-0.15, -0.1) is 0 Å². The second-order valence-electron chi connectivity index (χ2n) is 6.73. The predicted octanol–water partition coefficient (Wildman–Crippen LogP) is 3.93. The molecular formula is C21H26FN3O. The van der Waals surface area contributed by atoms with Gasteiger partial charge < -0.3 is 15.5 Å². The van der Waals surface area contributed by atoms with Gasteiger partial charge in [0.1, 0.15) is 5.82 Å². The quantitative estimate of drug-likeness (QED) is 0.825. The van der Waals surface area contributed by atoms with Crippen molar-refractivity contribution in [2.75, 3.05) is 29.9 Å². The maximum absolute atomic E-state index is 12.9. The lowest BCUT2D eigenvalue weighted by Gasteiger charge is -2.22. The van der Waals surface area contributed by atoms with Crippen LogP contribution < -0.4 is 15.5 Å². The zero-order chi connectivity index (χ0) is 18.2. The van der Waals surface area contributed by atoms with E-state index in [1.165, 1.54) is 43.5 Å². The van der Waals surface area contributed by atoms with Gasteiger partial charge >= 0.3 is 0 Å². The van der Waals surface area contributed by atoms with Gasteiger partial charge in [-0.05, 0) is 54.8 Å². The molecule has 0 spiro atoms. The van der Waals surface area contributed by atoms with E-state index >= 15 is 0 Å². The Hall–Kier alpha value is -2.40. The van der Waals surface area contributed by atoms with Crippen molar-refractivity contribution in [3.63, 3.8) is 0 Å². The third kappa shape index (κ3) is 5.56. The highest BCUT2D eigenvalue weighted by Crippen LogP contribution is 2.21. The molecule has 26 heavy (non-hydrogen) atoms. The largest absolute Gasteiger partial charge is 0.372 e. The molecule has 1 aliphatic heterocycles. The summed E-state index contributed by atoms with van der Waals surface area (Å²) >= 11 is 0. The summed E-state index contributed by atoms with van der Waals surface area (Å²) in [4.78, 5) is 14.5. The Labute approximate surface area is 154 Å². The van der Waals surface area contributed by atoms with Crippen molar-refractivity contribution < 1.29 is 9.18 Å². The van der Waals surface area contributed by atoms with Crippen molar-refractivity contribution in [1.29, 1.82) is 0 Å². The molecule has 1 saturated heterocycles. The van der Waals surface area contributed by atoms with Crippen LogP contribution in [0.15, 0.2) is 48.5 Å². The topological polar surface area (TPSA) is 44.4 Å². The first-order valence-corrected chi connectivity index (χ1v) is 9.31. The Morgan fingerprint density at radius 2 is 1.58 bits per heavy atom. The van der Waals surface area contributed by atoms with Crippen LogP contribution in [0.2, 0.25) is 0 Å². The van der Waals surface area contributed by atoms with E-state index < -0.39 is 0 Å². The smallest absolute Gasteiger partial charge is 0.238 e. The van der Waals surface area contributed by atoms with Crippen LogP contribution in [0.3, 0.4) is 0 Å². The monoisotopic (exact) mass is 355 g/mol. The fourth-order valence-electron chi connectivity index (χ4n) is 3.21. The molecule has 1 aliphatic rings. The van der Waals surface area contributed by atoms with Gasteiger partial charge in [-0.3, -0.25) is 4.79 Å².